The summed E-state index contributed by atoms with van der Waals surface area (Å²) in [4.78, 5) is 35.9. The van der Waals surface area contributed by atoms with Crippen LogP contribution in [-0.2, 0) is 23.4 Å². The lowest BCUT2D eigenvalue weighted by Gasteiger charge is -2.22. The molecule has 2 N–H and O–H groups in total. The number of halogens is 3. The first-order valence-electron chi connectivity index (χ1n) is 10.5. The maximum Gasteiger partial charge on any atom is 0.347 e. The number of rotatable bonds is 8. The minimum atomic E-state index is -4.79. The third-order valence-corrected chi connectivity index (χ3v) is 7.78. The zero-order valence-electron chi connectivity index (χ0n) is 19.5. The van der Waals surface area contributed by atoms with Crippen LogP contribution < -0.4 is 5.32 Å². The second kappa shape index (κ2) is 11.2. The summed E-state index contributed by atoms with van der Waals surface area (Å²) >= 11 is 7.32. The number of amides is 1. The lowest BCUT2D eigenvalue weighted by atomic mass is 9.98. The summed E-state index contributed by atoms with van der Waals surface area (Å²) in [5.41, 5.74) is -2.45. The Kier molecular flexibility index (Phi) is 8.69. The predicted molar refractivity (Wildman–Crippen MR) is 134 cm³/mol. The van der Waals surface area contributed by atoms with Gasteiger partial charge >= 0.3 is 13.6 Å². The Labute approximate surface area is 215 Å². The van der Waals surface area contributed by atoms with E-state index < -0.39 is 49.0 Å². The Morgan fingerprint density at radius 3 is 2.61 bits per heavy atom. The molecule has 0 aliphatic heterocycles. The van der Waals surface area contributed by atoms with Gasteiger partial charge in [0.2, 0.25) is 12.7 Å². The number of carbonyl (C=O) groups excluding carboxylic acids is 2. The first-order chi connectivity index (χ1) is 16.8. The van der Waals surface area contributed by atoms with Crippen molar-refractivity contribution in [3.05, 3.63) is 75.8 Å². The van der Waals surface area contributed by atoms with Crippen molar-refractivity contribution in [1.82, 2.24) is 5.32 Å². The summed E-state index contributed by atoms with van der Waals surface area (Å²) in [6, 6.07) is 7.78. The number of hydrogen-bond donors (Lipinski definition) is 2. The van der Waals surface area contributed by atoms with E-state index in [0.29, 0.717) is 21.2 Å². The van der Waals surface area contributed by atoms with Crippen LogP contribution in [0.3, 0.4) is 0 Å². The molecule has 0 fully saturated rings. The fourth-order valence-corrected chi connectivity index (χ4v) is 5.60. The van der Waals surface area contributed by atoms with Crippen LogP contribution in [0.2, 0.25) is 5.02 Å². The molecule has 1 amide bonds. The molecule has 3 rings (SSSR count). The maximum absolute atomic E-state index is 13.9. The summed E-state index contributed by atoms with van der Waals surface area (Å²) in [7, 11) is -4.79. The van der Waals surface area contributed by atoms with Crippen LogP contribution in [0.1, 0.15) is 37.6 Å². The Bertz CT molecular complexity index is 1370. The molecule has 0 aliphatic carbocycles. The maximum atomic E-state index is 13.9. The number of thiophene rings is 1. The molecule has 1 aromatic heterocycles. The van der Waals surface area contributed by atoms with Crippen molar-refractivity contribution in [3.63, 3.8) is 0 Å². The molecule has 0 spiro atoms. The highest BCUT2D eigenvalue weighted by atomic mass is 35.5. The van der Waals surface area contributed by atoms with E-state index in [9.17, 15) is 27.8 Å². The van der Waals surface area contributed by atoms with Crippen molar-refractivity contribution in [2.45, 2.75) is 26.4 Å². The van der Waals surface area contributed by atoms with Gasteiger partial charge in [0.05, 0.1) is 5.41 Å². The SMILES string of the molecule is CC(C)(C)C(=O)OCOP(=O)(O)C(C(=O)NC=Cc1ccc(F)cc1F)c1csc2ccc(Cl)cc12. The molecule has 192 valence electrons. The molecule has 0 saturated heterocycles. The summed E-state index contributed by atoms with van der Waals surface area (Å²) in [6.45, 7) is 3.94. The highest BCUT2D eigenvalue weighted by molar-refractivity contribution is 7.54. The summed E-state index contributed by atoms with van der Waals surface area (Å²) in [5, 5.41) is 4.68. The average molecular weight is 558 g/mol. The molecule has 0 saturated carbocycles. The third-order valence-electron chi connectivity index (χ3n) is 4.93. The fourth-order valence-electron chi connectivity index (χ4n) is 3.07. The van der Waals surface area contributed by atoms with E-state index in [4.69, 9.17) is 20.9 Å². The molecule has 3 aromatic rings. The largest absolute Gasteiger partial charge is 0.438 e. The molecule has 1 heterocycles. The van der Waals surface area contributed by atoms with E-state index in [0.717, 1.165) is 12.3 Å². The number of ether oxygens (including phenoxy) is 1. The van der Waals surface area contributed by atoms with Crippen molar-refractivity contribution in [2.24, 2.45) is 5.41 Å². The van der Waals surface area contributed by atoms with Gasteiger partial charge in [0.15, 0.2) is 5.66 Å². The van der Waals surface area contributed by atoms with Gasteiger partial charge in [-0.2, -0.15) is 0 Å². The number of benzene rings is 2. The molecule has 2 atom stereocenters. The van der Waals surface area contributed by atoms with Crippen molar-refractivity contribution in [3.8, 4) is 0 Å². The Hall–Kier alpha value is -2.62. The van der Waals surface area contributed by atoms with Gasteiger partial charge in [-0.25, -0.2) is 8.78 Å². The Morgan fingerprint density at radius 1 is 1.22 bits per heavy atom. The number of nitrogens with one attached hydrogen (secondary N) is 1. The van der Waals surface area contributed by atoms with Crippen molar-refractivity contribution >= 4 is 58.6 Å². The van der Waals surface area contributed by atoms with Gasteiger partial charge in [0.25, 0.3) is 0 Å². The summed E-state index contributed by atoms with van der Waals surface area (Å²) < 4.78 is 50.9. The van der Waals surface area contributed by atoms with Crippen molar-refractivity contribution < 1.29 is 37.1 Å². The van der Waals surface area contributed by atoms with Crippen LogP contribution in [0.4, 0.5) is 8.78 Å². The molecule has 7 nitrogen and oxygen atoms in total. The zero-order valence-corrected chi connectivity index (χ0v) is 21.9. The number of esters is 1. The van der Waals surface area contributed by atoms with Gasteiger partial charge in [-0.05, 0) is 73.5 Å². The van der Waals surface area contributed by atoms with E-state index >= 15 is 0 Å². The van der Waals surface area contributed by atoms with Gasteiger partial charge in [0, 0.05) is 27.6 Å². The van der Waals surface area contributed by atoms with E-state index in [1.165, 1.54) is 28.9 Å². The van der Waals surface area contributed by atoms with E-state index in [2.05, 4.69) is 5.32 Å². The van der Waals surface area contributed by atoms with Gasteiger partial charge < -0.3 is 14.9 Å². The first-order valence-corrected chi connectivity index (χ1v) is 13.4. The van der Waals surface area contributed by atoms with Gasteiger partial charge in [0.1, 0.15) is 11.6 Å². The third kappa shape index (κ3) is 6.78. The fraction of sp³-hybridized carbons (Fsp3) is 0.250. The van der Waals surface area contributed by atoms with Gasteiger partial charge in [-0.3, -0.25) is 18.7 Å². The number of hydrogen-bond acceptors (Lipinski definition) is 6. The molecule has 0 aliphatic rings. The normalized spacial score (nSPS) is 14.5. The standard InChI is InChI=1S/C24H23ClF2NO6PS/c1-24(2,3)23(30)33-13-34-35(31,32)21(18-12-36-20-7-5-15(25)10-17(18)20)22(29)28-9-8-14-4-6-16(26)11-19(14)27/h4-12,21H,13H2,1-3H3,(H,28,29)(H,31,32). The first kappa shape index (κ1) is 28.0. The predicted octanol–water partition coefficient (Wildman–Crippen LogP) is 6.41. The zero-order chi connectivity index (χ0) is 26.7. The van der Waals surface area contributed by atoms with Crippen molar-refractivity contribution in [1.29, 1.82) is 0 Å². The molecule has 2 aromatic carbocycles. The van der Waals surface area contributed by atoms with Crippen LogP contribution in [0.5, 0.6) is 0 Å². The van der Waals surface area contributed by atoms with Crippen LogP contribution in [0.25, 0.3) is 16.2 Å². The lowest BCUT2D eigenvalue weighted by Crippen LogP contribution is -2.27. The highest BCUT2D eigenvalue weighted by Gasteiger charge is 2.42. The second-order valence-electron chi connectivity index (χ2n) is 8.73. The minimum absolute atomic E-state index is 0.0152. The average Bonchev–Trinajstić information content (AvgIpc) is 3.16. The molecule has 0 radical (unpaired) electrons. The van der Waals surface area contributed by atoms with Crippen LogP contribution in [0, 0.1) is 17.0 Å². The highest BCUT2D eigenvalue weighted by Crippen LogP contribution is 2.58. The molecule has 0 bridgehead atoms. The van der Waals surface area contributed by atoms with E-state index in [-0.39, 0.29) is 11.1 Å². The van der Waals surface area contributed by atoms with Crippen LogP contribution >= 0.6 is 30.5 Å². The Balaban J connectivity index is 1.90. The summed E-state index contributed by atoms with van der Waals surface area (Å²) in [5.74, 6) is -3.23. The Morgan fingerprint density at radius 2 is 1.94 bits per heavy atom. The minimum Gasteiger partial charge on any atom is -0.438 e. The molecule has 12 heteroatoms. The second-order valence-corrected chi connectivity index (χ2v) is 12.0. The van der Waals surface area contributed by atoms with Crippen molar-refractivity contribution in [2.75, 3.05) is 6.79 Å². The smallest absolute Gasteiger partial charge is 0.347 e. The van der Waals surface area contributed by atoms with Gasteiger partial charge in [-0.1, -0.05) is 11.6 Å². The molecular weight excluding hydrogens is 535 g/mol. The number of fused-ring (bicyclic) bond motifs is 1. The monoisotopic (exact) mass is 557 g/mol. The molecular formula is C24H23ClF2NO6PS. The topological polar surface area (TPSA) is 102 Å². The lowest BCUT2D eigenvalue weighted by molar-refractivity contribution is -0.159. The van der Waals surface area contributed by atoms with Crippen LogP contribution in [0.15, 0.2) is 48.0 Å². The molecule has 2 unspecified atom stereocenters. The van der Waals surface area contributed by atoms with Crippen LogP contribution in [-0.4, -0.2) is 23.6 Å². The van der Waals surface area contributed by atoms with Gasteiger partial charge in [-0.15, -0.1) is 11.3 Å². The number of carbonyl (C=O) groups is 2. The quantitative estimate of drug-likeness (QED) is 0.188. The van der Waals surface area contributed by atoms with E-state index in [1.54, 1.807) is 39.0 Å². The molecule has 36 heavy (non-hydrogen) atoms. The summed E-state index contributed by atoms with van der Waals surface area (Å²) in [6.07, 6.45) is 2.23. The van der Waals surface area contributed by atoms with E-state index in [1.807, 2.05) is 0 Å².